The molecule has 42 heavy (non-hydrogen) atoms. The molecule has 232 valence electrons. The highest BCUT2D eigenvalue weighted by atomic mass is 32.2. The third kappa shape index (κ3) is 15.9. The van der Waals surface area contributed by atoms with Gasteiger partial charge in [0.05, 0.1) is 12.5 Å². The molecule has 3 rings (SSSR count). The van der Waals surface area contributed by atoms with Gasteiger partial charge in [-0.1, -0.05) is 26.3 Å². The van der Waals surface area contributed by atoms with Gasteiger partial charge in [0.2, 0.25) is 12.3 Å². The Hall–Kier alpha value is -3.76. The molecule has 1 fully saturated rings. The normalized spacial score (nSPS) is 12.2. The number of halogens is 3. The average molecular weight is 612 g/mol. The molecule has 0 unspecified atom stereocenters. The second-order valence-electron chi connectivity index (χ2n) is 8.64. The molecular weight excluding hydrogens is 571 g/mol. The topological polar surface area (TPSA) is 127 Å². The van der Waals surface area contributed by atoms with Gasteiger partial charge < -0.3 is 26.0 Å². The van der Waals surface area contributed by atoms with E-state index in [-0.39, 0.29) is 36.8 Å². The van der Waals surface area contributed by atoms with Crippen LogP contribution in [-0.2, 0) is 32.1 Å². The number of amides is 2. The van der Waals surface area contributed by atoms with Gasteiger partial charge >= 0.3 is 5.97 Å². The van der Waals surface area contributed by atoms with Crippen LogP contribution in [0.3, 0.4) is 0 Å². The molecule has 2 aromatic rings. The third-order valence-corrected chi connectivity index (χ3v) is 6.01. The van der Waals surface area contributed by atoms with E-state index in [9.17, 15) is 27.6 Å². The van der Waals surface area contributed by atoms with Crippen molar-refractivity contribution in [2.45, 2.75) is 52.6 Å². The van der Waals surface area contributed by atoms with E-state index < -0.39 is 23.5 Å². The van der Waals surface area contributed by atoms with Gasteiger partial charge in [-0.2, -0.15) is 0 Å². The van der Waals surface area contributed by atoms with Crippen LogP contribution in [0.2, 0.25) is 0 Å². The van der Waals surface area contributed by atoms with Crippen molar-refractivity contribution in [1.29, 1.82) is 0 Å². The number of hydrogen-bond donors (Lipinski definition) is 3. The molecule has 0 bridgehead atoms. The Kier molecular flexibility index (Phi) is 20.8. The van der Waals surface area contributed by atoms with Crippen molar-refractivity contribution in [2.24, 2.45) is 5.73 Å². The van der Waals surface area contributed by atoms with Crippen molar-refractivity contribution in [2.75, 3.05) is 36.6 Å². The number of carbonyl (C=O) groups excluding carboxylic acids is 3. The van der Waals surface area contributed by atoms with E-state index in [2.05, 4.69) is 42.3 Å². The standard InChI is InChI=1S/C13H15F3N2OS.C11H15N3O3.C3H8.C2H2/c14-10-6-12(16)11(15)4-8(10)3-9(17)5-13(19)18-1-2-20-7-18;1-2-17-11(16)7-14-10-4-3-9(6-13-10)5-12-8-15;1-3-2;1-2/h4,6,9H,1-3,5,7,17H2;3-4,6,8H,2,5,7H2,1H3,(H,12,15)(H,13,14);3H2,1-2H3;1-2H/t9-;;;/m1.../s1. The number of aromatic nitrogens is 1. The number of nitrogens with two attached hydrogens (primary N) is 1. The summed E-state index contributed by atoms with van der Waals surface area (Å²) in [4.78, 5) is 38.8. The molecule has 1 aromatic heterocycles. The van der Waals surface area contributed by atoms with Gasteiger partial charge in [-0.15, -0.1) is 24.6 Å². The van der Waals surface area contributed by atoms with E-state index >= 15 is 0 Å². The number of nitrogens with one attached hydrogen (secondary N) is 2. The Morgan fingerprint density at radius 1 is 1.17 bits per heavy atom. The summed E-state index contributed by atoms with van der Waals surface area (Å²) in [5.74, 6) is -1.46. The zero-order valence-corrected chi connectivity index (χ0v) is 25.0. The van der Waals surface area contributed by atoms with Crippen molar-refractivity contribution in [1.82, 2.24) is 15.2 Å². The van der Waals surface area contributed by atoms with Crippen LogP contribution >= 0.6 is 11.8 Å². The summed E-state index contributed by atoms with van der Waals surface area (Å²) in [6.07, 6.45) is 11.6. The molecule has 4 N–H and O–H groups in total. The Bertz CT molecular complexity index is 1100. The van der Waals surface area contributed by atoms with Gasteiger partial charge in [0.15, 0.2) is 11.6 Å². The molecule has 0 radical (unpaired) electrons. The first-order chi connectivity index (χ1) is 20.1. The number of nitrogens with zero attached hydrogens (tertiary/aromatic N) is 2. The zero-order valence-electron chi connectivity index (χ0n) is 24.2. The Balaban J connectivity index is 0.000000701. The lowest BCUT2D eigenvalue weighted by molar-refractivity contribution is -0.141. The van der Waals surface area contributed by atoms with E-state index in [1.54, 1.807) is 35.8 Å². The fourth-order valence-electron chi connectivity index (χ4n) is 3.21. The smallest absolute Gasteiger partial charge is 0.325 e. The lowest BCUT2D eigenvalue weighted by atomic mass is 10.0. The van der Waals surface area contributed by atoms with Crippen LogP contribution in [0, 0.1) is 30.3 Å². The minimum Gasteiger partial charge on any atom is -0.465 e. The van der Waals surface area contributed by atoms with Crippen molar-refractivity contribution in [3.05, 3.63) is 59.0 Å². The van der Waals surface area contributed by atoms with Crippen molar-refractivity contribution >= 4 is 35.9 Å². The first kappa shape index (κ1) is 38.2. The number of pyridine rings is 1. The van der Waals surface area contributed by atoms with E-state index in [1.807, 2.05) is 6.07 Å². The number of anilines is 1. The molecule has 0 spiro atoms. The number of thioether (sulfide) groups is 1. The van der Waals surface area contributed by atoms with Crippen molar-refractivity contribution in [3.63, 3.8) is 0 Å². The molecule has 9 nitrogen and oxygen atoms in total. The largest absolute Gasteiger partial charge is 0.465 e. The molecule has 1 aromatic carbocycles. The first-order valence-electron chi connectivity index (χ1n) is 13.2. The van der Waals surface area contributed by atoms with Crippen molar-refractivity contribution in [3.8, 4) is 12.8 Å². The third-order valence-electron chi connectivity index (χ3n) is 5.05. The molecule has 2 amide bonds. The number of terminal acetylenes is 1. The fourth-order valence-corrected chi connectivity index (χ4v) is 4.18. The predicted octanol–water partition coefficient (Wildman–Crippen LogP) is 3.87. The molecule has 0 aliphatic carbocycles. The van der Waals surface area contributed by atoms with Crippen LogP contribution in [0.5, 0.6) is 0 Å². The summed E-state index contributed by atoms with van der Waals surface area (Å²) < 4.78 is 44.1. The van der Waals surface area contributed by atoms with Crippen LogP contribution in [0.25, 0.3) is 0 Å². The van der Waals surface area contributed by atoms with Gasteiger partial charge in [-0.3, -0.25) is 14.4 Å². The second kappa shape index (κ2) is 22.9. The maximum Gasteiger partial charge on any atom is 0.325 e. The number of esters is 1. The maximum atomic E-state index is 13.5. The second-order valence-corrected chi connectivity index (χ2v) is 9.71. The van der Waals surface area contributed by atoms with Crippen molar-refractivity contribution < 1.29 is 32.3 Å². The quantitative estimate of drug-likeness (QED) is 0.151. The van der Waals surface area contributed by atoms with Crippen LogP contribution in [0.1, 0.15) is 44.7 Å². The van der Waals surface area contributed by atoms with Gasteiger partial charge in [-0.25, -0.2) is 18.2 Å². The maximum absolute atomic E-state index is 13.5. The molecule has 13 heteroatoms. The summed E-state index contributed by atoms with van der Waals surface area (Å²) in [5, 5.41) is 5.37. The zero-order chi connectivity index (χ0) is 31.9. The first-order valence-corrected chi connectivity index (χ1v) is 14.4. The predicted molar refractivity (Wildman–Crippen MR) is 160 cm³/mol. The highest BCUT2D eigenvalue weighted by Crippen LogP contribution is 2.18. The lowest BCUT2D eigenvalue weighted by Gasteiger charge is -2.18. The number of hydrogen-bond acceptors (Lipinski definition) is 8. The van der Waals surface area contributed by atoms with Gasteiger partial charge in [0, 0.05) is 43.6 Å². The molecule has 0 saturated carbocycles. The van der Waals surface area contributed by atoms with E-state index in [0.717, 1.165) is 17.4 Å². The highest BCUT2D eigenvalue weighted by molar-refractivity contribution is 7.99. The minimum atomic E-state index is -1.23. The average Bonchev–Trinajstić information content (AvgIpc) is 3.52. The monoisotopic (exact) mass is 611 g/mol. The molecule has 1 aliphatic rings. The van der Waals surface area contributed by atoms with Crippen LogP contribution in [-0.4, -0.2) is 65.5 Å². The molecular formula is C29H40F3N5O4S. The van der Waals surface area contributed by atoms with Crippen LogP contribution in [0.4, 0.5) is 19.0 Å². The van der Waals surface area contributed by atoms with E-state index in [0.29, 0.717) is 43.9 Å². The minimum absolute atomic E-state index is 0.00421. The van der Waals surface area contributed by atoms with Gasteiger partial charge in [0.25, 0.3) is 0 Å². The number of ether oxygens (including phenoxy) is 1. The van der Waals surface area contributed by atoms with E-state index in [1.165, 1.54) is 6.42 Å². The summed E-state index contributed by atoms with van der Waals surface area (Å²) in [7, 11) is 0. The van der Waals surface area contributed by atoms with Crippen LogP contribution < -0.4 is 16.4 Å². The van der Waals surface area contributed by atoms with Gasteiger partial charge in [0.1, 0.15) is 18.2 Å². The Labute approximate surface area is 250 Å². The molecule has 2 heterocycles. The molecule has 1 saturated heterocycles. The summed E-state index contributed by atoms with van der Waals surface area (Å²) >= 11 is 1.66. The summed E-state index contributed by atoms with van der Waals surface area (Å²) in [5.41, 5.74) is 6.67. The molecule has 1 aliphatic heterocycles. The van der Waals surface area contributed by atoms with Crippen LogP contribution in [0.15, 0.2) is 30.5 Å². The number of carbonyl (C=O) groups is 3. The molecule has 1 atom stereocenters. The number of rotatable bonds is 11. The Morgan fingerprint density at radius 2 is 1.83 bits per heavy atom. The highest BCUT2D eigenvalue weighted by Gasteiger charge is 2.21. The number of benzene rings is 1. The Morgan fingerprint density at radius 3 is 2.38 bits per heavy atom. The SMILES string of the molecule is C#C.CCC.CCOC(=O)CNc1ccc(CNC=O)cn1.N[C@@H](CC(=O)N1CCSC1)Cc1cc(F)c(F)cc1F. The van der Waals surface area contributed by atoms with Gasteiger partial charge in [-0.05, 0) is 36.6 Å². The summed E-state index contributed by atoms with van der Waals surface area (Å²) in [6, 6.07) is 4.22. The van der Waals surface area contributed by atoms with E-state index in [4.69, 9.17) is 10.5 Å². The lowest BCUT2D eigenvalue weighted by Crippen LogP contribution is -2.35. The fraction of sp³-hybridized carbons (Fsp3) is 0.448. The summed E-state index contributed by atoms with van der Waals surface area (Å²) in [6.45, 7) is 7.59.